The summed E-state index contributed by atoms with van der Waals surface area (Å²) in [6.45, 7) is 2.18. The lowest BCUT2D eigenvalue weighted by molar-refractivity contribution is 0.447. The third-order valence-electron chi connectivity index (χ3n) is 2.82. The van der Waals surface area contributed by atoms with Crippen LogP contribution in [-0.2, 0) is 6.42 Å². The van der Waals surface area contributed by atoms with E-state index in [2.05, 4.69) is 13.0 Å². The maximum atomic E-state index is 9.19. The van der Waals surface area contributed by atoms with E-state index in [0.29, 0.717) is 18.1 Å². The number of phenolic OH excluding ortho intramolecular Hbond substituents is 1. The van der Waals surface area contributed by atoms with E-state index >= 15 is 0 Å². The van der Waals surface area contributed by atoms with E-state index in [1.807, 2.05) is 12.1 Å². The van der Waals surface area contributed by atoms with Crippen molar-refractivity contribution in [1.82, 2.24) is 0 Å². The van der Waals surface area contributed by atoms with Crippen molar-refractivity contribution in [3.63, 3.8) is 0 Å². The fourth-order valence-corrected chi connectivity index (χ4v) is 1.99. The highest BCUT2D eigenvalue weighted by atomic mass is 16.3. The summed E-state index contributed by atoms with van der Waals surface area (Å²) in [6.07, 6.45) is 4.96. The Balaban J connectivity index is 2.53. The molecule has 16 heavy (non-hydrogen) atoms. The van der Waals surface area contributed by atoms with Crippen LogP contribution in [0.3, 0.4) is 0 Å². The Morgan fingerprint density at radius 1 is 1.25 bits per heavy atom. The number of benzene rings is 1. The lowest BCUT2D eigenvalue weighted by atomic mass is 9.91. The summed E-state index contributed by atoms with van der Waals surface area (Å²) < 4.78 is 0. The van der Waals surface area contributed by atoms with Gasteiger partial charge in [-0.1, -0.05) is 31.9 Å². The Morgan fingerprint density at radius 3 is 2.50 bits per heavy atom. The summed E-state index contributed by atoms with van der Waals surface area (Å²) >= 11 is 0. The van der Waals surface area contributed by atoms with Crippen LogP contribution >= 0.6 is 0 Å². The summed E-state index contributed by atoms with van der Waals surface area (Å²) in [7, 11) is 0. The standard InChI is InChI=1S/C14H19NO/c1-2-4-12(5-3-10-15)11-13-6-8-14(16)9-7-13/h6-9,12,16H,2-5,11H2,1H3/t12-/m0/s1. The first kappa shape index (κ1) is 12.6. The van der Waals surface area contributed by atoms with Gasteiger partial charge in [-0.3, -0.25) is 0 Å². The molecule has 0 radical (unpaired) electrons. The van der Waals surface area contributed by atoms with Crippen LogP contribution in [0.2, 0.25) is 0 Å². The van der Waals surface area contributed by atoms with E-state index in [9.17, 15) is 5.11 Å². The minimum atomic E-state index is 0.313. The first-order chi connectivity index (χ1) is 7.76. The molecule has 0 fully saturated rings. The quantitative estimate of drug-likeness (QED) is 0.790. The Morgan fingerprint density at radius 2 is 1.94 bits per heavy atom. The van der Waals surface area contributed by atoms with Gasteiger partial charge < -0.3 is 5.11 Å². The predicted molar refractivity (Wildman–Crippen MR) is 65.1 cm³/mol. The van der Waals surface area contributed by atoms with Crippen LogP contribution in [0.5, 0.6) is 5.75 Å². The van der Waals surface area contributed by atoms with Gasteiger partial charge in [0.1, 0.15) is 5.75 Å². The Kier molecular flexibility index (Phi) is 5.42. The molecule has 0 saturated heterocycles. The van der Waals surface area contributed by atoms with Crippen LogP contribution in [0.1, 0.15) is 38.2 Å². The number of hydrogen-bond acceptors (Lipinski definition) is 2. The zero-order chi connectivity index (χ0) is 11.8. The third kappa shape index (κ3) is 4.35. The lowest BCUT2D eigenvalue weighted by Gasteiger charge is -2.14. The van der Waals surface area contributed by atoms with Gasteiger partial charge in [-0.2, -0.15) is 5.26 Å². The molecule has 1 aromatic rings. The second kappa shape index (κ2) is 6.90. The van der Waals surface area contributed by atoms with Gasteiger partial charge in [-0.25, -0.2) is 0 Å². The maximum Gasteiger partial charge on any atom is 0.115 e. The van der Waals surface area contributed by atoms with Crippen LogP contribution in [0, 0.1) is 17.2 Å². The Labute approximate surface area is 97.5 Å². The summed E-state index contributed by atoms with van der Waals surface area (Å²) in [5.41, 5.74) is 1.24. The molecule has 1 N–H and O–H groups in total. The van der Waals surface area contributed by atoms with Gasteiger partial charge >= 0.3 is 0 Å². The normalized spacial score (nSPS) is 12.0. The predicted octanol–water partition coefficient (Wildman–Crippen LogP) is 3.65. The molecule has 0 aliphatic rings. The highest BCUT2D eigenvalue weighted by Crippen LogP contribution is 2.20. The van der Waals surface area contributed by atoms with Crippen LogP contribution in [0.25, 0.3) is 0 Å². The van der Waals surface area contributed by atoms with Crippen molar-refractivity contribution in [1.29, 1.82) is 5.26 Å². The molecule has 2 nitrogen and oxygen atoms in total. The minimum Gasteiger partial charge on any atom is -0.508 e. The summed E-state index contributed by atoms with van der Waals surface area (Å²) in [5, 5.41) is 17.8. The molecule has 0 saturated carbocycles. The second-order valence-electron chi connectivity index (χ2n) is 4.22. The molecule has 0 amide bonds. The molecule has 0 aliphatic heterocycles. The van der Waals surface area contributed by atoms with Crippen molar-refractivity contribution < 1.29 is 5.11 Å². The van der Waals surface area contributed by atoms with Gasteiger partial charge in [-0.05, 0) is 36.5 Å². The lowest BCUT2D eigenvalue weighted by Crippen LogP contribution is -2.04. The van der Waals surface area contributed by atoms with Crippen LogP contribution in [0.4, 0.5) is 0 Å². The fraction of sp³-hybridized carbons (Fsp3) is 0.500. The van der Waals surface area contributed by atoms with Gasteiger partial charge in [0.05, 0.1) is 6.07 Å². The SMILES string of the molecule is CCC[C@@H](CCC#N)Cc1ccc(O)cc1. The number of nitrogens with zero attached hydrogens (tertiary/aromatic N) is 1. The minimum absolute atomic E-state index is 0.313. The van der Waals surface area contributed by atoms with Gasteiger partial charge in [0.25, 0.3) is 0 Å². The Bertz CT molecular complexity index is 337. The highest BCUT2D eigenvalue weighted by Gasteiger charge is 2.08. The van der Waals surface area contributed by atoms with Gasteiger partial charge in [0, 0.05) is 6.42 Å². The van der Waals surface area contributed by atoms with Crippen LogP contribution < -0.4 is 0 Å². The Hall–Kier alpha value is -1.49. The first-order valence-electron chi connectivity index (χ1n) is 5.91. The van der Waals surface area contributed by atoms with Gasteiger partial charge in [0.15, 0.2) is 0 Å². The largest absolute Gasteiger partial charge is 0.508 e. The maximum absolute atomic E-state index is 9.19. The molecule has 0 aliphatic carbocycles. The summed E-state index contributed by atoms with van der Waals surface area (Å²) in [4.78, 5) is 0. The van der Waals surface area contributed by atoms with Crippen molar-refractivity contribution in [3.05, 3.63) is 29.8 Å². The monoisotopic (exact) mass is 217 g/mol. The zero-order valence-electron chi connectivity index (χ0n) is 9.82. The van der Waals surface area contributed by atoms with E-state index in [0.717, 1.165) is 19.3 Å². The van der Waals surface area contributed by atoms with Crippen molar-refractivity contribution in [3.8, 4) is 11.8 Å². The van der Waals surface area contributed by atoms with E-state index in [1.165, 1.54) is 12.0 Å². The van der Waals surface area contributed by atoms with Crippen molar-refractivity contribution >= 4 is 0 Å². The molecule has 1 rings (SSSR count). The summed E-state index contributed by atoms with van der Waals surface area (Å²) in [5.74, 6) is 0.905. The molecule has 1 atom stereocenters. The molecule has 1 aromatic carbocycles. The van der Waals surface area contributed by atoms with Crippen molar-refractivity contribution in [2.45, 2.75) is 39.0 Å². The molecule has 0 bridgehead atoms. The van der Waals surface area contributed by atoms with E-state index in [-0.39, 0.29) is 0 Å². The third-order valence-corrected chi connectivity index (χ3v) is 2.82. The number of rotatable bonds is 6. The molecule has 0 unspecified atom stereocenters. The van der Waals surface area contributed by atoms with Crippen LogP contribution in [-0.4, -0.2) is 5.11 Å². The first-order valence-corrected chi connectivity index (χ1v) is 5.91. The van der Waals surface area contributed by atoms with Crippen molar-refractivity contribution in [2.75, 3.05) is 0 Å². The van der Waals surface area contributed by atoms with E-state index in [1.54, 1.807) is 12.1 Å². The number of aromatic hydroxyl groups is 1. The second-order valence-corrected chi connectivity index (χ2v) is 4.22. The van der Waals surface area contributed by atoms with E-state index < -0.39 is 0 Å². The smallest absolute Gasteiger partial charge is 0.115 e. The molecular formula is C14H19NO. The summed E-state index contributed by atoms with van der Waals surface area (Å²) in [6, 6.07) is 9.59. The molecular weight excluding hydrogens is 198 g/mol. The molecule has 0 spiro atoms. The highest BCUT2D eigenvalue weighted by molar-refractivity contribution is 5.26. The zero-order valence-corrected chi connectivity index (χ0v) is 9.82. The number of nitriles is 1. The van der Waals surface area contributed by atoms with Crippen LogP contribution in [0.15, 0.2) is 24.3 Å². The fourth-order valence-electron chi connectivity index (χ4n) is 1.99. The number of hydrogen-bond donors (Lipinski definition) is 1. The van der Waals surface area contributed by atoms with E-state index in [4.69, 9.17) is 5.26 Å². The molecule has 0 aromatic heterocycles. The average Bonchev–Trinajstić information content (AvgIpc) is 2.29. The molecule has 0 heterocycles. The number of phenols is 1. The average molecular weight is 217 g/mol. The van der Waals surface area contributed by atoms with Crippen molar-refractivity contribution in [2.24, 2.45) is 5.92 Å². The van der Waals surface area contributed by atoms with Gasteiger partial charge in [0.2, 0.25) is 0 Å². The van der Waals surface area contributed by atoms with Gasteiger partial charge in [-0.15, -0.1) is 0 Å². The molecule has 86 valence electrons. The molecule has 2 heteroatoms. The topological polar surface area (TPSA) is 44.0 Å².